The van der Waals surface area contributed by atoms with Gasteiger partial charge in [-0.25, -0.2) is 0 Å². The molecule has 1 unspecified atom stereocenters. The SMILES string of the molecule is O=C1NCC(c2ccccc2[C@@H](O)C(F)(F)F)C12CCCCC2. The summed E-state index contributed by atoms with van der Waals surface area (Å²) in [4.78, 5) is 12.4. The van der Waals surface area contributed by atoms with Crippen molar-refractivity contribution in [2.45, 2.75) is 50.3 Å². The molecule has 3 nitrogen and oxygen atoms in total. The first-order valence-electron chi connectivity index (χ1n) is 7.98. The monoisotopic (exact) mass is 327 g/mol. The minimum absolute atomic E-state index is 0.0569. The average molecular weight is 327 g/mol. The van der Waals surface area contributed by atoms with E-state index in [-0.39, 0.29) is 17.4 Å². The highest BCUT2D eigenvalue weighted by atomic mass is 19.4. The molecule has 3 rings (SSSR count). The number of carbonyl (C=O) groups excluding carboxylic acids is 1. The van der Waals surface area contributed by atoms with Crippen molar-refractivity contribution in [3.05, 3.63) is 35.4 Å². The molecule has 1 amide bonds. The number of aliphatic hydroxyl groups excluding tert-OH is 1. The quantitative estimate of drug-likeness (QED) is 0.874. The Labute approximate surface area is 132 Å². The number of halogens is 3. The van der Waals surface area contributed by atoms with Crippen LogP contribution in [0.5, 0.6) is 0 Å². The zero-order chi connectivity index (χ0) is 16.7. The highest BCUT2D eigenvalue weighted by Crippen LogP contribution is 2.51. The molecule has 126 valence electrons. The van der Waals surface area contributed by atoms with E-state index in [1.165, 1.54) is 12.1 Å². The summed E-state index contributed by atoms with van der Waals surface area (Å²) in [5, 5.41) is 12.6. The van der Waals surface area contributed by atoms with Crippen LogP contribution in [0.15, 0.2) is 24.3 Å². The van der Waals surface area contributed by atoms with Crippen LogP contribution in [0.1, 0.15) is 55.3 Å². The summed E-state index contributed by atoms with van der Waals surface area (Å²) in [6.45, 7) is 0.334. The summed E-state index contributed by atoms with van der Waals surface area (Å²) in [5.41, 5.74) is -0.316. The van der Waals surface area contributed by atoms with Crippen molar-refractivity contribution in [2.75, 3.05) is 6.54 Å². The van der Waals surface area contributed by atoms with Gasteiger partial charge >= 0.3 is 6.18 Å². The number of alkyl halides is 3. The first kappa shape index (κ1) is 16.3. The first-order chi connectivity index (χ1) is 10.9. The van der Waals surface area contributed by atoms with Gasteiger partial charge in [0.05, 0.1) is 5.41 Å². The Bertz CT molecular complexity index is 594. The molecule has 1 aliphatic carbocycles. The van der Waals surface area contributed by atoms with Gasteiger partial charge in [0.1, 0.15) is 0 Å². The van der Waals surface area contributed by atoms with Gasteiger partial charge in [0.15, 0.2) is 6.10 Å². The largest absolute Gasteiger partial charge is 0.418 e. The van der Waals surface area contributed by atoms with Crippen molar-refractivity contribution in [3.8, 4) is 0 Å². The van der Waals surface area contributed by atoms with Crippen molar-refractivity contribution in [1.29, 1.82) is 0 Å². The Kier molecular flexibility index (Phi) is 4.12. The third-order valence-corrected chi connectivity index (χ3v) is 5.31. The van der Waals surface area contributed by atoms with E-state index in [4.69, 9.17) is 0 Å². The van der Waals surface area contributed by atoms with Crippen LogP contribution in [-0.2, 0) is 4.79 Å². The summed E-state index contributed by atoms with van der Waals surface area (Å²) >= 11 is 0. The van der Waals surface area contributed by atoms with Crippen LogP contribution in [-0.4, -0.2) is 23.7 Å². The van der Waals surface area contributed by atoms with E-state index in [2.05, 4.69) is 5.32 Å². The van der Waals surface area contributed by atoms with Crippen LogP contribution in [0.2, 0.25) is 0 Å². The second kappa shape index (κ2) is 5.82. The Morgan fingerprint density at radius 3 is 2.48 bits per heavy atom. The summed E-state index contributed by atoms with van der Waals surface area (Å²) in [7, 11) is 0. The van der Waals surface area contributed by atoms with E-state index >= 15 is 0 Å². The van der Waals surface area contributed by atoms with Crippen LogP contribution in [0.4, 0.5) is 13.2 Å². The smallest absolute Gasteiger partial charge is 0.379 e. The third kappa shape index (κ3) is 2.73. The maximum Gasteiger partial charge on any atom is 0.418 e. The second-order valence-electron chi connectivity index (χ2n) is 6.55. The standard InChI is InChI=1S/C17H20F3NO2/c18-17(19,20)14(22)12-7-3-2-6-11(12)13-10-21-15(23)16(13)8-4-1-5-9-16/h2-3,6-7,13-14,22H,1,4-5,8-10H2,(H,21,23)/t13?,14-/m1/s1. The fourth-order valence-electron chi connectivity index (χ4n) is 4.14. The second-order valence-corrected chi connectivity index (χ2v) is 6.55. The molecule has 1 aromatic rings. The maximum absolute atomic E-state index is 13.0. The Morgan fingerprint density at radius 2 is 1.83 bits per heavy atom. The van der Waals surface area contributed by atoms with E-state index in [9.17, 15) is 23.1 Å². The van der Waals surface area contributed by atoms with Gasteiger partial charge in [0.2, 0.25) is 5.91 Å². The van der Waals surface area contributed by atoms with E-state index in [0.717, 1.165) is 19.3 Å². The third-order valence-electron chi connectivity index (χ3n) is 5.31. The molecule has 0 radical (unpaired) electrons. The minimum atomic E-state index is -4.72. The van der Waals surface area contributed by atoms with Gasteiger partial charge in [0.25, 0.3) is 0 Å². The first-order valence-corrected chi connectivity index (χ1v) is 7.98. The molecule has 1 heterocycles. The van der Waals surface area contributed by atoms with Crippen LogP contribution in [0, 0.1) is 5.41 Å². The molecular formula is C17H20F3NO2. The number of aliphatic hydroxyl groups is 1. The summed E-state index contributed by atoms with van der Waals surface area (Å²) in [5.74, 6) is -0.373. The van der Waals surface area contributed by atoms with Crippen molar-refractivity contribution < 1.29 is 23.1 Å². The molecule has 2 N–H and O–H groups in total. The zero-order valence-corrected chi connectivity index (χ0v) is 12.7. The highest BCUT2D eigenvalue weighted by molar-refractivity contribution is 5.86. The minimum Gasteiger partial charge on any atom is -0.379 e. The molecule has 1 saturated carbocycles. The molecule has 1 aromatic carbocycles. The Morgan fingerprint density at radius 1 is 1.17 bits per heavy atom. The predicted molar refractivity (Wildman–Crippen MR) is 78.7 cm³/mol. The Hall–Kier alpha value is -1.56. The Balaban J connectivity index is 2.03. The van der Waals surface area contributed by atoms with Crippen molar-refractivity contribution in [1.82, 2.24) is 5.32 Å². The number of amides is 1. The molecule has 2 atom stereocenters. The summed E-state index contributed by atoms with van der Waals surface area (Å²) in [6.07, 6.45) is -2.97. The fourth-order valence-corrected chi connectivity index (χ4v) is 4.14. The normalized spacial score (nSPS) is 25.4. The topological polar surface area (TPSA) is 49.3 Å². The molecule has 23 heavy (non-hydrogen) atoms. The number of hydrogen-bond acceptors (Lipinski definition) is 2. The van der Waals surface area contributed by atoms with Crippen LogP contribution < -0.4 is 5.32 Å². The molecule has 2 fully saturated rings. The lowest BCUT2D eigenvalue weighted by molar-refractivity contribution is -0.207. The number of carbonyl (C=O) groups is 1. The molecule has 2 aliphatic rings. The van der Waals surface area contributed by atoms with Gasteiger partial charge in [0, 0.05) is 12.5 Å². The van der Waals surface area contributed by atoms with Gasteiger partial charge in [-0.2, -0.15) is 13.2 Å². The maximum atomic E-state index is 13.0. The lowest BCUT2D eigenvalue weighted by Crippen LogP contribution is -2.36. The van der Waals surface area contributed by atoms with Crippen molar-refractivity contribution in [2.24, 2.45) is 5.41 Å². The number of benzene rings is 1. The van der Waals surface area contributed by atoms with E-state index in [1.54, 1.807) is 12.1 Å². The lowest BCUT2D eigenvalue weighted by atomic mass is 9.64. The molecular weight excluding hydrogens is 307 g/mol. The number of hydrogen-bond donors (Lipinski definition) is 2. The molecule has 1 aliphatic heterocycles. The van der Waals surface area contributed by atoms with Gasteiger partial charge < -0.3 is 10.4 Å². The van der Waals surface area contributed by atoms with Gasteiger partial charge in [-0.1, -0.05) is 43.5 Å². The number of rotatable bonds is 2. The lowest BCUT2D eigenvalue weighted by Gasteiger charge is -2.37. The van der Waals surface area contributed by atoms with Crippen molar-refractivity contribution in [3.63, 3.8) is 0 Å². The van der Waals surface area contributed by atoms with E-state index < -0.39 is 17.7 Å². The fraction of sp³-hybridized carbons (Fsp3) is 0.588. The molecule has 1 saturated heterocycles. The molecule has 0 bridgehead atoms. The highest BCUT2D eigenvalue weighted by Gasteiger charge is 2.52. The summed E-state index contributed by atoms with van der Waals surface area (Å²) < 4.78 is 38.9. The van der Waals surface area contributed by atoms with Gasteiger partial charge in [-0.3, -0.25) is 4.79 Å². The average Bonchev–Trinajstić information content (AvgIpc) is 2.83. The van der Waals surface area contributed by atoms with Gasteiger partial charge in [-0.05, 0) is 24.0 Å². The van der Waals surface area contributed by atoms with Crippen LogP contribution >= 0.6 is 0 Å². The molecule has 0 aromatic heterocycles. The van der Waals surface area contributed by atoms with Gasteiger partial charge in [-0.15, -0.1) is 0 Å². The number of nitrogens with one attached hydrogen (secondary N) is 1. The molecule has 6 heteroatoms. The van der Waals surface area contributed by atoms with Crippen LogP contribution in [0.3, 0.4) is 0 Å². The van der Waals surface area contributed by atoms with Crippen molar-refractivity contribution >= 4 is 5.91 Å². The van der Waals surface area contributed by atoms with E-state index in [1.807, 2.05) is 0 Å². The predicted octanol–water partition coefficient (Wildman–Crippen LogP) is 3.45. The molecule has 1 spiro atoms. The van der Waals surface area contributed by atoms with Crippen LogP contribution in [0.25, 0.3) is 0 Å². The zero-order valence-electron chi connectivity index (χ0n) is 12.7. The van der Waals surface area contributed by atoms with E-state index in [0.29, 0.717) is 24.9 Å². The summed E-state index contributed by atoms with van der Waals surface area (Å²) in [6, 6.07) is 6.09.